The zero-order chi connectivity index (χ0) is 27.8. The van der Waals surface area contributed by atoms with Gasteiger partial charge in [-0.2, -0.15) is 0 Å². The molecule has 0 bridgehead atoms. The van der Waals surface area contributed by atoms with E-state index in [2.05, 4.69) is 19.2 Å². The Labute approximate surface area is 229 Å². The highest BCUT2D eigenvalue weighted by atomic mass is 31.2. The lowest BCUT2D eigenvalue weighted by molar-refractivity contribution is -0.870. The van der Waals surface area contributed by atoms with Crippen molar-refractivity contribution in [1.82, 2.24) is 5.32 Å². The smallest absolute Gasteiger partial charge is 0.387 e. The zero-order valence-corrected chi connectivity index (χ0v) is 25.9. The van der Waals surface area contributed by atoms with Crippen LogP contribution in [-0.4, -0.2) is 74.1 Å². The molecule has 0 aromatic rings. The van der Waals surface area contributed by atoms with E-state index in [0.717, 1.165) is 38.6 Å². The Morgan fingerprint density at radius 2 is 1.32 bits per heavy atom. The molecule has 0 aromatic heterocycles. The number of phosphoric acid groups is 1. The summed E-state index contributed by atoms with van der Waals surface area (Å²) in [6.07, 6.45) is 22.9. The van der Waals surface area contributed by atoms with Gasteiger partial charge in [-0.05, 0) is 25.8 Å². The van der Waals surface area contributed by atoms with E-state index in [0.29, 0.717) is 11.0 Å². The molecule has 3 N–H and O–H groups in total. The van der Waals surface area contributed by atoms with Crippen LogP contribution in [0, 0.1) is 0 Å². The van der Waals surface area contributed by atoms with Gasteiger partial charge in [0.25, 0.3) is 0 Å². The first-order valence-electron chi connectivity index (χ1n) is 15.1. The van der Waals surface area contributed by atoms with E-state index in [1.54, 1.807) is 6.08 Å². The standard InChI is InChI=1S/C29H61N2O5P/c1-6-8-10-12-13-14-15-16-17-18-19-20-21-23-29(32)28(30-24-22-11-9-7-2)27-36-37(33,34)35-26-25-31(3,4)5/h21,23,28-30,32H,6-20,22,24-27H2,1-5H3/p+1. The molecule has 0 saturated carbocycles. The average Bonchev–Trinajstić information content (AvgIpc) is 2.82. The van der Waals surface area contributed by atoms with E-state index in [9.17, 15) is 14.6 Å². The average molecular weight is 550 g/mol. The fourth-order valence-electron chi connectivity index (χ4n) is 4.06. The molecule has 0 amide bonds. The van der Waals surface area contributed by atoms with Crippen LogP contribution in [0.15, 0.2) is 12.2 Å². The van der Waals surface area contributed by atoms with Crippen molar-refractivity contribution in [1.29, 1.82) is 0 Å². The molecule has 3 unspecified atom stereocenters. The Bertz CT molecular complexity index is 583. The van der Waals surface area contributed by atoms with Gasteiger partial charge in [0.05, 0.1) is 39.9 Å². The highest BCUT2D eigenvalue weighted by Gasteiger charge is 2.26. The largest absolute Gasteiger partial charge is 0.472 e. The van der Waals surface area contributed by atoms with Gasteiger partial charge in [-0.3, -0.25) is 9.05 Å². The Morgan fingerprint density at radius 1 is 0.811 bits per heavy atom. The highest BCUT2D eigenvalue weighted by molar-refractivity contribution is 7.47. The molecule has 37 heavy (non-hydrogen) atoms. The predicted octanol–water partition coefficient (Wildman–Crippen LogP) is 6.98. The number of rotatable bonds is 27. The molecule has 0 aliphatic heterocycles. The lowest BCUT2D eigenvalue weighted by Crippen LogP contribution is -2.43. The SMILES string of the molecule is CCCCCCCCCCCCCC=CC(O)C(COP(=O)(O)OCC[N+](C)(C)C)NCCCCCC. The summed E-state index contributed by atoms with van der Waals surface area (Å²) < 4.78 is 23.3. The summed E-state index contributed by atoms with van der Waals surface area (Å²) in [6.45, 7) is 5.80. The summed E-state index contributed by atoms with van der Waals surface area (Å²) in [7, 11) is 1.80. The Morgan fingerprint density at radius 3 is 1.86 bits per heavy atom. The molecule has 0 saturated heterocycles. The Balaban J connectivity index is 4.33. The van der Waals surface area contributed by atoms with Crippen LogP contribution in [0.25, 0.3) is 0 Å². The van der Waals surface area contributed by atoms with Gasteiger partial charge in [0.1, 0.15) is 13.2 Å². The lowest BCUT2D eigenvalue weighted by atomic mass is 10.0. The van der Waals surface area contributed by atoms with Crippen molar-refractivity contribution < 1.29 is 28.1 Å². The van der Waals surface area contributed by atoms with Gasteiger partial charge < -0.3 is 19.8 Å². The normalized spacial score (nSPS) is 15.8. The van der Waals surface area contributed by atoms with E-state index in [1.807, 2.05) is 27.2 Å². The molecule has 0 spiro atoms. The first-order chi connectivity index (χ1) is 17.6. The predicted molar refractivity (Wildman–Crippen MR) is 157 cm³/mol. The summed E-state index contributed by atoms with van der Waals surface area (Å²) >= 11 is 0. The maximum absolute atomic E-state index is 12.3. The summed E-state index contributed by atoms with van der Waals surface area (Å²) in [5.41, 5.74) is 0. The van der Waals surface area contributed by atoms with Crippen LogP contribution in [-0.2, 0) is 13.6 Å². The number of allylic oxidation sites excluding steroid dienone is 1. The fourth-order valence-corrected chi connectivity index (χ4v) is 4.79. The third-order valence-electron chi connectivity index (χ3n) is 6.59. The molecule has 8 heteroatoms. The van der Waals surface area contributed by atoms with E-state index in [1.165, 1.54) is 70.6 Å². The number of aliphatic hydroxyl groups excluding tert-OH is 1. The third-order valence-corrected chi connectivity index (χ3v) is 7.57. The topological polar surface area (TPSA) is 88.0 Å². The number of likely N-dealkylation sites (N-methyl/N-ethyl adjacent to an activating group) is 1. The molecular formula is C29H62N2O5P+. The van der Waals surface area contributed by atoms with Crippen molar-refractivity contribution in [2.75, 3.05) is 47.4 Å². The third kappa shape index (κ3) is 25.8. The highest BCUT2D eigenvalue weighted by Crippen LogP contribution is 2.43. The first kappa shape index (κ1) is 36.7. The van der Waals surface area contributed by atoms with E-state index >= 15 is 0 Å². The summed E-state index contributed by atoms with van der Waals surface area (Å²) in [5, 5.41) is 14.0. The molecule has 0 aromatic carbocycles. The van der Waals surface area contributed by atoms with Gasteiger partial charge in [-0.15, -0.1) is 0 Å². The summed E-state index contributed by atoms with van der Waals surface area (Å²) in [4.78, 5) is 10.1. The van der Waals surface area contributed by atoms with Gasteiger partial charge >= 0.3 is 7.82 Å². The van der Waals surface area contributed by atoms with Crippen LogP contribution in [0.3, 0.4) is 0 Å². The lowest BCUT2D eigenvalue weighted by Gasteiger charge is -2.25. The van der Waals surface area contributed by atoms with E-state index in [-0.39, 0.29) is 13.2 Å². The number of aliphatic hydroxyl groups is 1. The second-order valence-corrected chi connectivity index (χ2v) is 12.9. The molecule has 0 fully saturated rings. The van der Waals surface area contributed by atoms with Crippen molar-refractivity contribution >= 4 is 7.82 Å². The fraction of sp³-hybridized carbons (Fsp3) is 0.931. The summed E-state index contributed by atoms with van der Waals surface area (Å²) in [6, 6.07) is -0.460. The minimum atomic E-state index is -4.17. The van der Waals surface area contributed by atoms with E-state index < -0.39 is 20.0 Å². The van der Waals surface area contributed by atoms with Crippen LogP contribution in [0.4, 0.5) is 0 Å². The van der Waals surface area contributed by atoms with Crippen LogP contribution < -0.4 is 5.32 Å². The molecule has 7 nitrogen and oxygen atoms in total. The van der Waals surface area contributed by atoms with Crippen molar-refractivity contribution in [2.24, 2.45) is 0 Å². The van der Waals surface area contributed by atoms with Crippen LogP contribution in [0.5, 0.6) is 0 Å². The van der Waals surface area contributed by atoms with Gasteiger partial charge in [0.2, 0.25) is 0 Å². The Hall–Kier alpha value is -0.270. The van der Waals surface area contributed by atoms with Crippen molar-refractivity contribution in [3.05, 3.63) is 12.2 Å². The number of hydrogen-bond donors (Lipinski definition) is 3. The van der Waals surface area contributed by atoms with Gasteiger partial charge in [-0.25, -0.2) is 4.57 Å². The molecule has 3 atom stereocenters. The quantitative estimate of drug-likeness (QED) is 0.0443. The Kier molecular flexibility index (Phi) is 23.4. The molecule has 0 aliphatic rings. The maximum atomic E-state index is 12.3. The second-order valence-electron chi connectivity index (χ2n) is 11.5. The molecule has 0 heterocycles. The minimum absolute atomic E-state index is 0.0874. The minimum Gasteiger partial charge on any atom is -0.387 e. The van der Waals surface area contributed by atoms with E-state index in [4.69, 9.17) is 9.05 Å². The van der Waals surface area contributed by atoms with Crippen LogP contribution >= 0.6 is 7.82 Å². The summed E-state index contributed by atoms with van der Waals surface area (Å²) in [5.74, 6) is 0. The maximum Gasteiger partial charge on any atom is 0.472 e. The van der Waals surface area contributed by atoms with Crippen molar-refractivity contribution in [3.8, 4) is 0 Å². The van der Waals surface area contributed by atoms with Crippen molar-refractivity contribution in [2.45, 2.75) is 129 Å². The number of nitrogens with one attached hydrogen (secondary N) is 1. The molecule has 0 aliphatic carbocycles. The van der Waals surface area contributed by atoms with Gasteiger partial charge in [-0.1, -0.05) is 109 Å². The number of nitrogens with zero attached hydrogens (tertiary/aromatic N) is 1. The number of quaternary nitrogens is 1. The molecular weight excluding hydrogens is 487 g/mol. The molecule has 0 radical (unpaired) electrons. The van der Waals surface area contributed by atoms with Crippen LogP contribution in [0.2, 0.25) is 0 Å². The zero-order valence-electron chi connectivity index (χ0n) is 25.0. The monoisotopic (exact) mass is 549 g/mol. The molecule has 222 valence electrons. The van der Waals surface area contributed by atoms with Gasteiger partial charge in [0, 0.05) is 0 Å². The number of phosphoric ester groups is 1. The second kappa shape index (κ2) is 23.6. The first-order valence-corrected chi connectivity index (χ1v) is 16.6. The van der Waals surface area contributed by atoms with Gasteiger partial charge in [0.15, 0.2) is 0 Å². The number of unbranched alkanes of at least 4 members (excludes halogenated alkanes) is 14. The van der Waals surface area contributed by atoms with Crippen LogP contribution in [0.1, 0.15) is 117 Å². The number of hydrogen-bond acceptors (Lipinski definition) is 5. The molecule has 0 rings (SSSR count). The van der Waals surface area contributed by atoms with Crippen molar-refractivity contribution in [3.63, 3.8) is 0 Å².